The first-order chi connectivity index (χ1) is 7.72. The Morgan fingerprint density at radius 2 is 1.50 bits per heavy atom. The molecule has 0 heteroatoms. The summed E-state index contributed by atoms with van der Waals surface area (Å²) in [6, 6.07) is 4.88. The third kappa shape index (κ3) is 3.37. The monoisotopic (exact) mass is 218 g/mol. The van der Waals surface area contributed by atoms with E-state index in [1.807, 2.05) is 0 Å². The van der Waals surface area contributed by atoms with Crippen molar-refractivity contribution in [3.05, 3.63) is 34.4 Å². The second-order valence-electron chi connectivity index (χ2n) is 4.75. The maximum Gasteiger partial charge on any atom is -0.0276 e. The van der Waals surface area contributed by atoms with Gasteiger partial charge in [-0.1, -0.05) is 45.7 Å². The van der Waals surface area contributed by atoms with Crippen LogP contribution in [0.15, 0.2) is 12.1 Å². The van der Waals surface area contributed by atoms with Gasteiger partial charge < -0.3 is 0 Å². The van der Waals surface area contributed by atoms with Gasteiger partial charge in [-0.05, 0) is 54.9 Å². The SMILES string of the molecule is CCCCc1cc(C)c(CC)cc1CCC. The summed E-state index contributed by atoms with van der Waals surface area (Å²) in [5, 5.41) is 0. The Morgan fingerprint density at radius 3 is 2.06 bits per heavy atom. The molecule has 0 N–H and O–H groups in total. The molecule has 0 aliphatic carbocycles. The molecule has 1 aromatic rings. The second-order valence-corrected chi connectivity index (χ2v) is 4.75. The van der Waals surface area contributed by atoms with Gasteiger partial charge in [0.2, 0.25) is 0 Å². The smallest absolute Gasteiger partial charge is 0.0276 e. The molecule has 0 aliphatic rings. The van der Waals surface area contributed by atoms with Crippen LogP contribution in [0.3, 0.4) is 0 Å². The molecule has 0 nitrogen and oxygen atoms in total. The van der Waals surface area contributed by atoms with E-state index in [9.17, 15) is 0 Å². The molecule has 0 spiro atoms. The van der Waals surface area contributed by atoms with Gasteiger partial charge in [-0.25, -0.2) is 0 Å². The predicted octanol–water partition coefficient (Wildman–Crippen LogP) is 4.85. The van der Waals surface area contributed by atoms with Gasteiger partial charge in [0.1, 0.15) is 0 Å². The van der Waals surface area contributed by atoms with Crippen molar-refractivity contribution >= 4 is 0 Å². The molecule has 16 heavy (non-hydrogen) atoms. The number of hydrogen-bond acceptors (Lipinski definition) is 0. The number of aryl methyl sites for hydroxylation is 4. The van der Waals surface area contributed by atoms with Crippen LogP contribution in [-0.4, -0.2) is 0 Å². The van der Waals surface area contributed by atoms with Gasteiger partial charge in [-0.2, -0.15) is 0 Å². The zero-order valence-corrected chi connectivity index (χ0v) is 11.4. The van der Waals surface area contributed by atoms with Crippen molar-refractivity contribution in [2.75, 3.05) is 0 Å². The lowest BCUT2D eigenvalue weighted by Gasteiger charge is -2.13. The van der Waals surface area contributed by atoms with E-state index in [0.717, 1.165) is 6.42 Å². The normalized spacial score (nSPS) is 10.8. The van der Waals surface area contributed by atoms with Crippen molar-refractivity contribution in [2.45, 2.75) is 66.2 Å². The fourth-order valence-corrected chi connectivity index (χ4v) is 2.35. The highest BCUT2D eigenvalue weighted by Gasteiger charge is 2.05. The summed E-state index contributed by atoms with van der Waals surface area (Å²) < 4.78 is 0. The first-order valence-electron chi connectivity index (χ1n) is 6.84. The summed E-state index contributed by atoms with van der Waals surface area (Å²) in [7, 11) is 0. The molecule has 1 rings (SSSR count). The van der Waals surface area contributed by atoms with Gasteiger partial charge in [0.25, 0.3) is 0 Å². The van der Waals surface area contributed by atoms with E-state index in [-0.39, 0.29) is 0 Å². The molecule has 0 saturated heterocycles. The number of hydrogen-bond donors (Lipinski definition) is 0. The first-order valence-corrected chi connectivity index (χ1v) is 6.84. The second kappa shape index (κ2) is 6.73. The quantitative estimate of drug-likeness (QED) is 0.640. The standard InChI is InChI=1S/C16H26/c1-5-8-10-16-11-13(4)14(7-3)12-15(16)9-6-2/h11-12H,5-10H2,1-4H3. The average molecular weight is 218 g/mol. The average Bonchev–Trinajstić information content (AvgIpc) is 2.29. The van der Waals surface area contributed by atoms with Crippen molar-refractivity contribution in [3.8, 4) is 0 Å². The lowest BCUT2D eigenvalue weighted by Crippen LogP contribution is -1.99. The van der Waals surface area contributed by atoms with Gasteiger partial charge in [0, 0.05) is 0 Å². The molecule has 0 radical (unpaired) electrons. The lowest BCUT2D eigenvalue weighted by atomic mass is 9.92. The summed E-state index contributed by atoms with van der Waals surface area (Å²) in [4.78, 5) is 0. The molecule has 0 atom stereocenters. The molecular formula is C16H26. The largest absolute Gasteiger partial charge is 0.0654 e. The third-order valence-electron chi connectivity index (χ3n) is 3.36. The third-order valence-corrected chi connectivity index (χ3v) is 3.36. The number of unbranched alkanes of at least 4 members (excludes halogenated alkanes) is 1. The molecule has 0 fully saturated rings. The van der Waals surface area contributed by atoms with Crippen molar-refractivity contribution < 1.29 is 0 Å². The minimum absolute atomic E-state index is 1.16. The summed E-state index contributed by atoms with van der Waals surface area (Å²) in [5.74, 6) is 0. The van der Waals surface area contributed by atoms with E-state index < -0.39 is 0 Å². The topological polar surface area (TPSA) is 0 Å². The van der Waals surface area contributed by atoms with Gasteiger partial charge in [0.05, 0.1) is 0 Å². The fraction of sp³-hybridized carbons (Fsp3) is 0.625. The predicted molar refractivity (Wildman–Crippen MR) is 73.2 cm³/mol. The van der Waals surface area contributed by atoms with E-state index in [4.69, 9.17) is 0 Å². The zero-order valence-electron chi connectivity index (χ0n) is 11.4. The Labute approximate surface area is 101 Å². The van der Waals surface area contributed by atoms with E-state index in [1.54, 1.807) is 11.1 Å². The van der Waals surface area contributed by atoms with Crippen molar-refractivity contribution in [2.24, 2.45) is 0 Å². The van der Waals surface area contributed by atoms with Gasteiger partial charge in [-0.3, -0.25) is 0 Å². The molecule has 90 valence electrons. The van der Waals surface area contributed by atoms with Crippen LogP contribution < -0.4 is 0 Å². The van der Waals surface area contributed by atoms with Crippen molar-refractivity contribution in [1.29, 1.82) is 0 Å². The van der Waals surface area contributed by atoms with Crippen LogP contribution >= 0.6 is 0 Å². The summed E-state index contributed by atoms with van der Waals surface area (Å²) in [5.41, 5.74) is 6.20. The van der Waals surface area contributed by atoms with Crippen LogP contribution in [-0.2, 0) is 19.3 Å². The molecule has 0 amide bonds. The summed E-state index contributed by atoms with van der Waals surface area (Å²) >= 11 is 0. The molecule has 0 bridgehead atoms. The van der Waals surface area contributed by atoms with Crippen LogP contribution in [0.5, 0.6) is 0 Å². The molecule has 0 heterocycles. The van der Waals surface area contributed by atoms with Crippen LogP contribution in [0.2, 0.25) is 0 Å². The van der Waals surface area contributed by atoms with Crippen LogP contribution in [0.4, 0.5) is 0 Å². The Bertz CT molecular complexity index is 323. The molecular weight excluding hydrogens is 192 g/mol. The van der Waals surface area contributed by atoms with Crippen molar-refractivity contribution in [1.82, 2.24) is 0 Å². The minimum Gasteiger partial charge on any atom is -0.0654 e. The minimum atomic E-state index is 1.16. The Morgan fingerprint density at radius 1 is 0.812 bits per heavy atom. The van der Waals surface area contributed by atoms with E-state index >= 15 is 0 Å². The number of rotatable bonds is 6. The summed E-state index contributed by atoms with van der Waals surface area (Å²) in [6.07, 6.45) is 7.53. The first kappa shape index (κ1) is 13.3. The molecule has 1 aromatic carbocycles. The maximum atomic E-state index is 2.45. The van der Waals surface area contributed by atoms with Gasteiger partial charge >= 0.3 is 0 Å². The van der Waals surface area contributed by atoms with Crippen molar-refractivity contribution in [3.63, 3.8) is 0 Å². The zero-order chi connectivity index (χ0) is 12.0. The van der Waals surface area contributed by atoms with Gasteiger partial charge in [0.15, 0.2) is 0 Å². The van der Waals surface area contributed by atoms with Crippen LogP contribution in [0, 0.1) is 6.92 Å². The van der Waals surface area contributed by atoms with Crippen LogP contribution in [0.25, 0.3) is 0 Å². The number of benzene rings is 1. The highest BCUT2D eigenvalue weighted by atomic mass is 14.1. The molecule has 0 aliphatic heterocycles. The van der Waals surface area contributed by atoms with Gasteiger partial charge in [-0.15, -0.1) is 0 Å². The Balaban J connectivity index is 2.98. The Kier molecular flexibility index (Phi) is 5.59. The van der Waals surface area contributed by atoms with Crippen LogP contribution in [0.1, 0.15) is 62.3 Å². The highest BCUT2D eigenvalue weighted by molar-refractivity contribution is 5.38. The Hall–Kier alpha value is -0.780. The fourth-order valence-electron chi connectivity index (χ4n) is 2.35. The molecule has 0 saturated carbocycles. The highest BCUT2D eigenvalue weighted by Crippen LogP contribution is 2.20. The lowest BCUT2D eigenvalue weighted by molar-refractivity contribution is 0.778. The van der Waals surface area contributed by atoms with E-state index in [0.29, 0.717) is 0 Å². The molecule has 0 unspecified atom stereocenters. The maximum absolute atomic E-state index is 2.45. The molecule has 0 aromatic heterocycles. The summed E-state index contributed by atoms with van der Waals surface area (Å²) in [6.45, 7) is 9.05. The van der Waals surface area contributed by atoms with E-state index in [2.05, 4.69) is 39.8 Å². The van der Waals surface area contributed by atoms with E-state index in [1.165, 1.54) is 43.2 Å².